The summed E-state index contributed by atoms with van der Waals surface area (Å²) >= 11 is 1.61. The van der Waals surface area contributed by atoms with E-state index in [4.69, 9.17) is 4.74 Å². The van der Waals surface area contributed by atoms with Crippen molar-refractivity contribution in [1.82, 2.24) is 9.55 Å². The van der Waals surface area contributed by atoms with Gasteiger partial charge in [0.15, 0.2) is 9.84 Å². The lowest BCUT2D eigenvalue weighted by atomic mass is 10.1. The number of benzene rings is 2. The molecule has 25 heavy (non-hydrogen) atoms. The molecule has 1 aliphatic rings. The zero-order chi connectivity index (χ0) is 17.6. The normalized spacial score (nSPS) is 13.2. The molecule has 0 spiro atoms. The lowest BCUT2D eigenvalue weighted by Crippen LogP contribution is -2.09. The second kappa shape index (κ2) is 5.93. The Morgan fingerprint density at radius 3 is 2.60 bits per heavy atom. The Balaban J connectivity index is 1.85. The minimum Gasteiger partial charge on any atom is -0.497 e. The summed E-state index contributed by atoms with van der Waals surface area (Å²) in [6.45, 7) is 0. The van der Waals surface area contributed by atoms with Crippen LogP contribution in [0.2, 0.25) is 0 Å². The molecule has 3 aromatic rings. The molecule has 0 fully saturated rings. The van der Waals surface area contributed by atoms with Gasteiger partial charge in [0.05, 0.1) is 35.3 Å². The third-order valence-corrected chi connectivity index (χ3v) is 6.33. The average molecular weight is 372 g/mol. The van der Waals surface area contributed by atoms with Gasteiger partial charge in [0.2, 0.25) is 0 Å². The van der Waals surface area contributed by atoms with Gasteiger partial charge in [-0.15, -0.1) is 11.8 Å². The number of imidazole rings is 1. The van der Waals surface area contributed by atoms with Crippen molar-refractivity contribution in [3.05, 3.63) is 54.5 Å². The molecular formula is C18H16N2O3S2. The number of methoxy groups -OCH3 is 1. The largest absolute Gasteiger partial charge is 0.497 e. The van der Waals surface area contributed by atoms with Crippen LogP contribution in [0.3, 0.4) is 0 Å². The quantitative estimate of drug-likeness (QED) is 0.703. The number of rotatable bonds is 3. The van der Waals surface area contributed by atoms with E-state index < -0.39 is 9.84 Å². The van der Waals surface area contributed by atoms with Crippen LogP contribution in [-0.2, 0) is 15.6 Å². The molecule has 0 bridgehead atoms. The summed E-state index contributed by atoms with van der Waals surface area (Å²) in [7, 11) is -1.58. The van der Waals surface area contributed by atoms with E-state index in [2.05, 4.69) is 9.55 Å². The molecule has 4 rings (SSSR count). The predicted molar refractivity (Wildman–Crippen MR) is 98.2 cm³/mol. The Bertz CT molecular complexity index is 1050. The van der Waals surface area contributed by atoms with Gasteiger partial charge in [0, 0.05) is 16.7 Å². The first-order valence-electron chi connectivity index (χ1n) is 7.66. The van der Waals surface area contributed by atoms with Gasteiger partial charge in [0.25, 0.3) is 0 Å². The monoisotopic (exact) mass is 372 g/mol. The number of nitrogens with zero attached hydrogens (tertiary/aromatic N) is 2. The number of aromatic nitrogens is 2. The van der Waals surface area contributed by atoms with Crippen molar-refractivity contribution < 1.29 is 13.2 Å². The minimum absolute atomic E-state index is 0.341. The molecule has 2 aromatic carbocycles. The molecule has 1 aliphatic heterocycles. The molecule has 0 aliphatic carbocycles. The summed E-state index contributed by atoms with van der Waals surface area (Å²) in [6.07, 6.45) is 3.09. The molecular weight excluding hydrogens is 356 g/mol. The van der Waals surface area contributed by atoms with E-state index in [1.807, 2.05) is 36.5 Å². The van der Waals surface area contributed by atoms with Crippen molar-refractivity contribution in [1.29, 1.82) is 0 Å². The van der Waals surface area contributed by atoms with Crippen LogP contribution in [-0.4, -0.2) is 31.3 Å². The predicted octanol–water partition coefficient (Wildman–Crippen LogP) is 3.56. The summed E-state index contributed by atoms with van der Waals surface area (Å²) in [4.78, 5) is 5.83. The standard InChI is InChI=1S/C18H16N2O3S2/c1-23-13-5-3-12(4-6-13)16-10-19-18-11-24-17-9-14(25(2,21)22)7-8-15(17)20(16)18/h3-10H,11H2,1-2H3. The maximum atomic E-state index is 11.8. The van der Waals surface area contributed by atoms with E-state index in [0.29, 0.717) is 10.6 Å². The lowest BCUT2D eigenvalue weighted by molar-refractivity contribution is 0.415. The van der Waals surface area contributed by atoms with Crippen molar-refractivity contribution in [3.8, 4) is 22.7 Å². The van der Waals surface area contributed by atoms with Gasteiger partial charge in [-0.3, -0.25) is 4.57 Å². The highest BCUT2D eigenvalue weighted by atomic mass is 32.2. The van der Waals surface area contributed by atoms with Crippen LogP contribution in [0.1, 0.15) is 5.82 Å². The fourth-order valence-corrected chi connectivity index (χ4v) is 4.62. The summed E-state index contributed by atoms with van der Waals surface area (Å²) in [5.41, 5.74) is 2.97. The summed E-state index contributed by atoms with van der Waals surface area (Å²) in [5, 5.41) is 0. The van der Waals surface area contributed by atoms with Crippen molar-refractivity contribution in [2.24, 2.45) is 0 Å². The highest BCUT2D eigenvalue weighted by Crippen LogP contribution is 2.39. The van der Waals surface area contributed by atoms with Gasteiger partial charge in [-0.25, -0.2) is 13.4 Å². The maximum absolute atomic E-state index is 11.8. The van der Waals surface area contributed by atoms with Crippen molar-refractivity contribution >= 4 is 21.6 Å². The highest BCUT2D eigenvalue weighted by Gasteiger charge is 2.22. The number of thioether (sulfide) groups is 1. The molecule has 0 saturated carbocycles. The average Bonchev–Trinajstić information content (AvgIpc) is 3.05. The molecule has 0 unspecified atom stereocenters. The first kappa shape index (κ1) is 16.2. The van der Waals surface area contributed by atoms with E-state index in [1.165, 1.54) is 6.26 Å². The molecule has 7 heteroatoms. The van der Waals surface area contributed by atoms with Crippen LogP contribution < -0.4 is 4.74 Å². The van der Waals surface area contributed by atoms with Gasteiger partial charge in [-0.1, -0.05) is 0 Å². The van der Waals surface area contributed by atoms with E-state index in [1.54, 1.807) is 31.0 Å². The molecule has 0 saturated heterocycles. The first-order valence-corrected chi connectivity index (χ1v) is 10.5. The zero-order valence-electron chi connectivity index (χ0n) is 13.8. The van der Waals surface area contributed by atoms with E-state index in [0.717, 1.165) is 33.4 Å². The van der Waals surface area contributed by atoms with Crippen molar-refractivity contribution in [3.63, 3.8) is 0 Å². The van der Waals surface area contributed by atoms with Crippen LogP contribution >= 0.6 is 11.8 Å². The summed E-state index contributed by atoms with van der Waals surface area (Å²) in [5.74, 6) is 2.46. The van der Waals surface area contributed by atoms with Gasteiger partial charge in [0.1, 0.15) is 11.6 Å². The number of ether oxygens (including phenoxy) is 1. The maximum Gasteiger partial charge on any atom is 0.175 e. The number of fused-ring (bicyclic) bond motifs is 3. The minimum atomic E-state index is -3.22. The molecule has 0 amide bonds. The molecule has 128 valence electrons. The third-order valence-electron chi connectivity index (χ3n) is 4.18. The van der Waals surface area contributed by atoms with Gasteiger partial charge in [-0.05, 0) is 42.5 Å². The first-order chi connectivity index (χ1) is 12.0. The zero-order valence-corrected chi connectivity index (χ0v) is 15.4. The Morgan fingerprint density at radius 1 is 1.16 bits per heavy atom. The van der Waals surface area contributed by atoms with Crippen molar-refractivity contribution in [2.45, 2.75) is 15.5 Å². The van der Waals surface area contributed by atoms with Gasteiger partial charge >= 0.3 is 0 Å². The van der Waals surface area contributed by atoms with Crippen LogP contribution in [0.4, 0.5) is 0 Å². The number of hydrogen-bond acceptors (Lipinski definition) is 5. The Labute approximate surface area is 150 Å². The fraction of sp³-hybridized carbons (Fsp3) is 0.167. The SMILES string of the molecule is COc1ccc(-c2cnc3n2-c2ccc(S(C)(=O)=O)cc2SC3)cc1. The van der Waals surface area contributed by atoms with Crippen LogP contribution in [0.15, 0.2) is 58.5 Å². The second-order valence-corrected chi connectivity index (χ2v) is 8.85. The lowest BCUT2D eigenvalue weighted by Gasteiger charge is -2.21. The Kier molecular flexibility index (Phi) is 3.85. The smallest absolute Gasteiger partial charge is 0.175 e. The van der Waals surface area contributed by atoms with Gasteiger partial charge < -0.3 is 4.74 Å². The third kappa shape index (κ3) is 2.83. The highest BCUT2D eigenvalue weighted by molar-refractivity contribution is 7.98. The second-order valence-electron chi connectivity index (χ2n) is 5.81. The topological polar surface area (TPSA) is 61.2 Å². The van der Waals surface area contributed by atoms with Crippen LogP contribution in [0.5, 0.6) is 5.75 Å². The van der Waals surface area contributed by atoms with Gasteiger partial charge in [-0.2, -0.15) is 0 Å². The van der Waals surface area contributed by atoms with Crippen LogP contribution in [0.25, 0.3) is 16.9 Å². The molecule has 0 atom stereocenters. The summed E-state index contributed by atoms with van der Waals surface area (Å²) < 4.78 is 31.0. The van der Waals surface area contributed by atoms with E-state index in [9.17, 15) is 8.42 Å². The molecule has 2 heterocycles. The van der Waals surface area contributed by atoms with Crippen molar-refractivity contribution in [2.75, 3.05) is 13.4 Å². The number of sulfone groups is 1. The Morgan fingerprint density at radius 2 is 1.92 bits per heavy atom. The molecule has 1 aromatic heterocycles. The molecule has 0 N–H and O–H groups in total. The van der Waals surface area contributed by atoms with E-state index >= 15 is 0 Å². The van der Waals surface area contributed by atoms with Crippen LogP contribution in [0, 0.1) is 0 Å². The Hall–Kier alpha value is -2.25. The number of hydrogen-bond donors (Lipinski definition) is 0. The fourth-order valence-electron chi connectivity index (χ4n) is 2.89. The van der Waals surface area contributed by atoms with E-state index in [-0.39, 0.29) is 0 Å². The molecule has 5 nitrogen and oxygen atoms in total. The summed E-state index contributed by atoms with van der Waals surface area (Å²) in [6, 6.07) is 13.1. The molecule has 0 radical (unpaired) electrons.